The van der Waals surface area contributed by atoms with E-state index >= 15 is 0 Å². The fourth-order valence-electron chi connectivity index (χ4n) is 1.82. The van der Waals surface area contributed by atoms with Crippen molar-refractivity contribution in [1.29, 1.82) is 0 Å². The fourth-order valence-corrected chi connectivity index (χ4v) is 1.82. The third kappa shape index (κ3) is 2.67. The molecule has 0 aliphatic heterocycles. The summed E-state index contributed by atoms with van der Waals surface area (Å²) in [6, 6.07) is 3.29. The van der Waals surface area contributed by atoms with Crippen LogP contribution in [0.2, 0.25) is 0 Å². The first kappa shape index (κ1) is 12.9. The highest BCUT2D eigenvalue weighted by Gasteiger charge is 2.13. The van der Waals surface area contributed by atoms with Crippen molar-refractivity contribution in [3.63, 3.8) is 0 Å². The molecular formula is C13H15N3O3. The second-order valence-electron chi connectivity index (χ2n) is 4.30. The molecule has 0 saturated carbocycles. The summed E-state index contributed by atoms with van der Waals surface area (Å²) in [7, 11) is 1.84. The number of aromatic carboxylic acids is 1. The molecule has 0 unspecified atom stereocenters. The van der Waals surface area contributed by atoms with Gasteiger partial charge >= 0.3 is 5.97 Å². The average Bonchev–Trinajstić information content (AvgIpc) is 2.74. The highest BCUT2D eigenvalue weighted by atomic mass is 16.4. The second-order valence-corrected chi connectivity index (χ2v) is 4.30. The van der Waals surface area contributed by atoms with Gasteiger partial charge in [0.05, 0.1) is 17.5 Å². The van der Waals surface area contributed by atoms with Gasteiger partial charge in [-0.1, -0.05) is 0 Å². The molecule has 19 heavy (non-hydrogen) atoms. The molecule has 0 atom stereocenters. The number of nitrogens with zero attached hydrogens (tertiary/aromatic N) is 2. The number of carboxylic acid groups (broad SMARTS) is 1. The number of aryl methyl sites for hydroxylation is 1. The zero-order valence-corrected chi connectivity index (χ0v) is 10.8. The molecule has 2 rings (SSSR count). The molecule has 0 aliphatic rings. The molecule has 0 saturated heterocycles. The minimum Gasteiger partial charge on any atom is -0.478 e. The van der Waals surface area contributed by atoms with Crippen LogP contribution in [0.4, 0.5) is 11.5 Å². The van der Waals surface area contributed by atoms with Crippen LogP contribution < -0.4 is 10.6 Å². The van der Waals surface area contributed by atoms with Crippen LogP contribution in [0.15, 0.2) is 29.0 Å². The van der Waals surface area contributed by atoms with Crippen LogP contribution in [-0.4, -0.2) is 23.1 Å². The monoisotopic (exact) mass is 261 g/mol. The molecule has 2 heterocycles. The molecule has 6 heteroatoms. The molecule has 100 valence electrons. The molecule has 6 nitrogen and oxygen atoms in total. The van der Waals surface area contributed by atoms with E-state index in [-0.39, 0.29) is 5.56 Å². The van der Waals surface area contributed by atoms with Crippen molar-refractivity contribution in [1.82, 2.24) is 4.98 Å². The number of pyridine rings is 1. The molecule has 0 amide bonds. The number of hydrogen-bond acceptors (Lipinski definition) is 5. The van der Waals surface area contributed by atoms with E-state index in [1.807, 2.05) is 24.9 Å². The number of carboxylic acids is 1. The van der Waals surface area contributed by atoms with E-state index in [0.717, 1.165) is 11.3 Å². The van der Waals surface area contributed by atoms with Gasteiger partial charge in [0.25, 0.3) is 0 Å². The highest BCUT2D eigenvalue weighted by molar-refractivity contribution is 5.89. The van der Waals surface area contributed by atoms with Crippen molar-refractivity contribution in [2.24, 2.45) is 0 Å². The predicted molar refractivity (Wildman–Crippen MR) is 71.2 cm³/mol. The topological polar surface area (TPSA) is 92.6 Å². The van der Waals surface area contributed by atoms with Crippen molar-refractivity contribution in [2.45, 2.75) is 13.5 Å². The number of nitrogens with two attached hydrogens (primary N) is 1. The maximum atomic E-state index is 10.8. The molecule has 0 aromatic carbocycles. The Morgan fingerprint density at radius 3 is 2.84 bits per heavy atom. The first-order valence-electron chi connectivity index (χ1n) is 5.72. The van der Waals surface area contributed by atoms with Crippen LogP contribution in [-0.2, 0) is 6.54 Å². The van der Waals surface area contributed by atoms with Crippen molar-refractivity contribution >= 4 is 17.5 Å². The summed E-state index contributed by atoms with van der Waals surface area (Å²) >= 11 is 0. The summed E-state index contributed by atoms with van der Waals surface area (Å²) in [5.74, 6) is 0.345. The van der Waals surface area contributed by atoms with Crippen LogP contribution in [0, 0.1) is 6.92 Å². The van der Waals surface area contributed by atoms with E-state index in [1.54, 1.807) is 6.26 Å². The van der Waals surface area contributed by atoms with Gasteiger partial charge in [-0.3, -0.25) is 0 Å². The molecule has 2 aromatic heterocycles. The quantitative estimate of drug-likeness (QED) is 0.873. The predicted octanol–water partition coefficient (Wildman–Crippen LogP) is 1.90. The third-order valence-electron chi connectivity index (χ3n) is 2.88. The summed E-state index contributed by atoms with van der Waals surface area (Å²) < 4.78 is 5.23. The van der Waals surface area contributed by atoms with E-state index in [4.69, 9.17) is 15.3 Å². The Labute approximate surface area is 110 Å². The Hall–Kier alpha value is -2.50. The van der Waals surface area contributed by atoms with Gasteiger partial charge in [0.15, 0.2) is 5.82 Å². The third-order valence-corrected chi connectivity index (χ3v) is 2.88. The minimum absolute atomic E-state index is 0.0779. The Kier molecular flexibility index (Phi) is 3.41. The van der Waals surface area contributed by atoms with Gasteiger partial charge in [0.1, 0.15) is 5.76 Å². The van der Waals surface area contributed by atoms with E-state index in [9.17, 15) is 4.79 Å². The summed E-state index contributed by atoms with van der Waals surface area (Å²) in [5.41, 5.74) is 7.28. The largest absolute Gasteiger partial charge is 0.478 e. The van der Waals surface area contributed by atoms with Gasteiger partial charge in [0, 0.05) is 25.4 Å². The Morgan fingerprint density at radius 1 is 1.58 bits per heavy atom. The summed E-state index contributed by atoms with van der Waals surface area (Å²) in [6.07, 6.45) is 2.93. The standard InChI is InChI=1S/C13H15N3O3/c1-8-9(3-4-19-8)7-16(2)12-11(14)5-10(6-15-12)13(17)18/h3-6H,7,14H2,1-2H3,(H,17,18). The SMILES string of the molecule is Cc1occc1CN(C)c1ncc(C(=O)O)cc1N. The van der Waals surface area contributed by atoms with Crippen LogP contribution in [0.1, 0.15) is 21.7 Å². The summed E-state index contributed by atoms with van der Waals surface area (Å²) in [5, 5.41) is 8.86. The van der Waals surface area contributed by atoms with E-state index in [0.29, 0.717) is 18.1 Å². The molecule has 0 spiro atoms. The molecule has 0 aliphatic carbocycles. The van der Waals surface area contributed by atoms with Crippen molar-refractivity contribution < 1.29 is 14.3 Å². The summed E-state index contributed by atoms with van der Waals surface area (Å²) in [4.78, 5) is 16.8. The average molecular weight is 261 g/mol. The smallest absolute Gasteiger partial charge is 0.337 e. The van der Waals surface area contributed by atoms with E-state index < -0.39 is 5.97 Å². The van der Waals surface area contributed by atoms with E-state index in [1.165, 1.54) is 12.3 Å². The molecule has 2 aromatic rings. The van der Waals surface area contributed by atoms with Crippen molar-refractivity contribution in [3.05, 3.63) is 41.5 Å². The lowest BCUT2D eigenvalue weighted by Gasteiger charge is -2.19. The minimum atomic E-state index is -1.04. The van der Waals surface area contributed by atoms with Crippen molar-refractivity contribution in [2.75, 3.05) is 17.7 Å². The zero-order chi connectivity index (χ0) is 14.0. The van der Waals surface area contributed by atoms with Crippen LogP contribution >= 0.6 is 0 Å². The maximum absolute atomic E-state index is 10.8. The van der Waals surface area contributed by atoms with Gasteiger partial charge < -0.3 is 20.2 Å². The molecule has 0 radical (unpaired) electrons. The van der Waals surface area contributed by atoms with Gasteiger partial charge in [-0.05, 0) is 19.1 Å². The first-order chi connectivity index (χ1) is 8.99. The number of rotatable bonds is 4. The van der Waals surface area contributed by atoms with Crippen LogP contribution in [0.5, 0.6) is 0 Å². The number of aromatic nitrogens is 1. The first-order valence-corrected chi connectivity index (χ1v) is 5.72. The van der Waals surface area contributed by atoms with Crippen molar-refractivity contribution in [3.8, 4) is 0 Å². The summed E-state index contributed by atoms with van der Waals surface area (Å²) in [6.45, 7) is 2.47. The number of hydrogen-bond donors (Lipinski definition) is 2. The molecule has 0 fully saturated rings. The number of furan rings is 1. The Balaban J connectivity index is 2.22. The van der Waals surface area contributed by atoms with Crippen LogP contribution in [0.25, 0.3) is 0 Å². The van der Waals surface area contributed by atoms with Gasteiger partial charge in [0.2, 0.25) is 0 Å². The number of nitrogen functional groups attached to an aromatic ring is 1. The highest BCUT2D eigenvalue weighted by Crippen LogP contribution is 2.22. The van der Waals surface area contributed by atoms with Gasteiger partial charge in [-0.25, -0.2) is 9.78 Å². The zero-order valence-electron chi connectivity index (χ0n) is 10.8. The molecule has 3 N–H and O–H groups in total. The maximum Gasteiger partial charge on any atom is 0.337 e. The molecular weight excluding hydrogens is 246 g/mol. The lowest BCUT2D eigenvalue weighted by Crippen LogP contribution is -2.19. The number of carbonyl (C=O) groups is 1. The lowest BCUT2D eigenvalue weighted by atomic mass is 10.2. The fraction of sp³-hybridized carbons (Fsp3) is 0.231. The number of anilines is 2. The van der Waals surface area contributed by atoms with Gasteiger partial charge in [-0.15, -0.1) is 0 Å². The Bertz CT molecular complexity index is 607. The van der Waals surface area contributed by atoms with Gasteiger partial charge in [-0.2, -0.15) is 0 Å². The molecule has 0 bridgehead atoms. The normalized spacial score (nSPS) is 10.4. The van der Waals surface area contributed by atoms with E-state index in [2.05, 4.69) is 4.98 Å². The Morgan fingerprint density at radius 2 is 2.32 bits per heavy atom. The second kappa shape index (κ2) is 5.01. The van der Waals surface area contributed by atoms with Crippen LogP contribution in [0.3, 0.4) is 0 Å². The lowest BCUT2D eigenvalue weighted by molar-refractivity contribution is 0.0696.